The number of benzene rings is 1. The Bertz CT molecular complexity index is 1720. The van der Waals surface area contributed by atoms with Gasteiger partial charge in [0.1, 0.15) is 17.1 Å². The molecule has 0 radical (unpaired) electrons. The first-order valence-corrected chi connectivity index (χ1v) is 13.1. The van der Waals surface area contributed by atoms with E-state index >= 15 is 0 Å². The maximum absolute atomic E-state index is 14.9. The summed E-state index contributed by atoms with van der Waals surface area (Å²) >= 11 is 5.73. The number of aliphatic hydroxyl groups is 2. The summed E-state index contributed by atoms with van der Waals surface area (Å²) in [6, 6.07) is 1.90. The molecule has 13 heteroatoms. The average Bonchev–Trinajstić information content (AvgIpc) is 3.27. The summed E-state index contributed by atoms with van der Waals surface area (Å²) in [6.45, 7) is 3.22. The molecule has 210 valence electrons. The third-order valence-electron chi connectivity index (χ3n) is 8.25. The van der Waals surface area contributed by atoms with Crippen molar-refractivity contribution < 1.29 is 42.1 Å². The summed E-state index contributed by atoms with van der Waals surface area (Å²) < 4.78 is 61.5. The Hall–Kier alpha value is -3.42. The Morgan fingerprint density at radius 3 is 2.73 bits per heavy atom. The first-order valence-electron chi connectivity index (χ1n) is 12.6. The summed E-state index contributed by atoms with van der Waals surface area (Å²) in [6.07, 6.45) is -7.91. The molecule has 3 aromatic rings. The number of halogens is 4. The van der Waals surface area contributed by atoms with E-state index in [1.165, 1.54) is 6.07 Å². The molecule has 3 N–H and O–H groups in total. The van der Waals surface area contributed by atoms with E-state index in [1.54, 1.807) is 24.5 Å². The number of hydrogen-bond acceptors (Lipinski definition) is 7. The predicted octanol–water partition coefficient (Wildman–Crippen LogP) is 3.92. The molecule has 1 amide bonds. The van der Waals surface area contributed by atoms with E-state index < -0.39 is 41.6 Å². The second kappa shape index (κ2) is 8.79. The minimum absolute atomic E-state index is 0.0177. The van der Waals surface area contributed by atoms with Crippen LogP contribution >= 0.6 is 12.2 Å². The Labute approximate surface area is 229 Å². The molecule has 0 fully saturated rings. The smallest absolute Gasteiger partial charge is 0.423 e. The van der Waals surface area contributed by atoms with Crippen LogP contribution in [0, 0.1) is 17.4 Å². The summed E-state index contributed by atoms with van der Waals surface area (Å²) in [7, 11) is 0. The van der Waals surface area contributed by atoms with Gasteiger partial charge in [-0.1, -0.05) is 19.1 Å². The molecule has 3 aliphatic rings. The Balaban J connectivity index is 1.60. The molecule has 2 aliphatic heterocycles. The molecule has 40 heavy (non-hydrogen) atoms. The number of esters is 1. The number of nitrogens with one attached hydrogen (secondary N) is 1. The van der Waals surface area contributed by atoms with Crippen LogP contribution in [0.2, 0.25) is 0 Å². The van der Waals surface area contributed by atoms with E-state index in [2.05, 4.69) is 5.32 Å². The predicted molar refractivity (Wildman–Crippen MR) is 135 cm³/mol. The maximum Gasteiger partial charge on any atom is 0.423 e. The van der Waals surface area contributed by atoms with Gasteiger partial charge in [0.15, 0.2) is 5.60 Å². The number of aromatic nitrogens is 2. The minimum Gasteiger partial charge on any atom is -0.458 e. The van der Waals surface area contributed by atoms with Crippen LogP contribution in [0.5, 0.6) is 0 Å². The number of rotatable bonds is 3. The van der Waals surface area contributed by atoms with Crippen molar-refractivity contribution in [3.63, 3.8) is 0 Å². The number of ether oxygens (including phenoxy) is 1. The highest BCUT2D eigenvalue weighted by Gasteiger charge is 2.46. The number of nitrogens with zero attached hydrogens (tertiary/aromatic N) is 2. The number of hydrogen-bond donors (Lipinski definition) is 3. The van der Waals surface area contributed by atoms with Crippen molar-refractivity contribution in [2.45, 2.75) is 70.2 Å². The molecular weight excluding hydrogens is 554 g/mol. The van der Waals surface area contributed by atoms with Crippen LogP contribution in [-0.2, 0) is 39.5 Å². The number of pyridine rings is 2. The van der Waals surface area contributed by atoms with Crippen molar-refractivity contribution in [1.29, 1.82) is 0 Å². The standard InChI is InChI=1S/C27H23F4N3O5S/c1-3-26(38)14-6-18-21-12(8-34(18)24(40)13(14)9-39-25(26)37)20-16(33-23(36)22(35)27(29,30)31)5-4-11-10(2)15(28)7-17(32-21)19(11)20/h6-7,16,22,35,38H,3-5,8-9H2,1-2H3,(H,33,36)/t16?,22?,26-/m0/s1. The molecule has 1 aliphatic carbocycles. The van der Waals surface area contributed by atoms with Gasteiger partial charge in [-0.25, -0.2) is 14.2 Å². The van der Waals surface area contributed by atoms with Gasteiger partial charge in [-0.3, -0.25) is 4.79 Å². The fourth-order valence-corrected chi connectivity index (χ4v) is 6.43. The topological polar surface area (TPSA) is 114 Å². The average molecular weight is 578 g/mol. The van der Waals surface area contributed by atoms with E-state index in [4.69, 9.17) is 21.9 Å². The van der Waals surface area contributed by atoms with Crippen LogP contribution in [0.1, 0.15) is 59.2 Å². The van der Waals surface area contributed by atoms with E-state index in [9.17, 15) is 37.4 Å². The Kier molecular flexibility index (Phi) is 5.88. The third-order valence-corrected chi connectivity index (χ3v) is 8.72. The quantitative estimate of drug-likeness (QED) is 0.192. The van der Waals surface area contributed by atoms with Gasteiger partial charge in [-0.15, -0.1) is 0 Å². The second-order valence-electron chi connectivity index (χ2n) is 10.4. The molecule has 8 nitrogen and oxygen atoms in total. The minimum atomic E-state index is -5.15. The number of aryl methyl sites for hydroxylation is 1. The molecule has 0 bridgehead atoms. The number of cyclic esters (lactones) is 1. The monoisotopic (exact) mass is 577 g/mol. The first-order chi connectivity index (χ1) is 18.8. The van der Waals surface area contributed by atoms with Gasteiger partial charge in [-0.2, -0.15) is 13.2 Å². The lowest BCUT2D eigenvalue weighted by molar-refractivity contribution is -0.205. The lowest BCUT2D eigenvalue weighted by Crippen LogP contribution is -2.45. The molecule has 2 unspecified atom stereocenters. The molecule has 0 saturated carbocycles. The zero-order chi connectivity index (χ0) is 28.9. The summed E-state index contributed by atoms with van der Waals surface area (Å²) in [5, 5.41) is 23.6. The van der Waals surface area contributed by atoms with Gasteiger partial charge >= 0.3 is 12.1 Å². The number of aliphatic hydroxyl groups excluding tert-OH is 1. The lowest BCUT2D eigenvalue weighted by Gasteiger charge is -2.32. The van der Waals surface area contributed by atoms with Gasteiger partial charge in [0.2, 0.25) is 6.10 Å². The number of amides is 1. The van der Waals surface area contributed by atoms with Gasteiger partial charge in [0.25, 0.3) is 5.91 Å². The largest absolute Gasteiger partial charge is 0.458 e. The number of carbonyl (C=O) groups is 2. The molecule has 2 aromatic heterocycles. The molecule has 1 aromatic carbocycles. The van der Waals surface area contributed by atoms with E-state index in [0.717, 1.165) is 0 Å². The highest BCUT2D eigenvalue weighted by atomic mass is 32.1. The zero-order valence-corrected chi connectivity index (χ0v) is 22.1. The van der Waals surface area contributed by atoms with Gasteiger partial charge < -0.3 is 24.8 Å². The van der Waals surface area contributed by atoms with Crippen molar-refractivity contribution in [3.8, 4) is 11.4 Å². The highest BCUT2D eigenvalue weighted by molar-refractivity contribution is 7.71. The highest BCUT2D eigenvalue weighted by Crippen LogP contribution is 2.47. The summed E-state index contributed by atoms with van der Waals surface area (Å²) in [5.41, 5.74) is 1.87. The number of alkyl halides is 3. The molecule has 0 spiro atoms. The first kappa shape index (κ1) is 26.8. The SMILES string of the molecule is CC[C@@]1(O)C(=O)OCc2c1cc1n(c2=S)Cc2c-1nc1cc(F)c(C)c3c1c2C(NC(=O)C(O)C(F)(F)F)CC3. The van der Waals surface area contributed by atoms with Crippen molar-refractivity contribution in [2.24, 2.45) is 0 Å². The number of carbonyl (C=O) groups excluding carboxylic acids is 2. The van der Waals surface area contributed by atoms with Crippen molar-refractivity contribution in [3.05, 3.63) is 56.0 Å². The summed E-state index contributed by atoms with van der Waals surface area (Å²) in [4.78, 5) is 29.7. The van der Waals surface area contributed by atoms with Gasteiger partial charge in [0.05, 0.1) is 29.5 Å². The molecular formula is C27H23F4N3O5S. The van der Waals surface area contributed by atoms with Crippen LogP contribution in [0.25, 0.3) is 22.3 Å². The molecule has 6 rings (SSSR count). The van der Waals surface area contributed by atoms with E-state index in [-0.39, 0.29) is 48.1 Å². The van der Waals surface area contributed by atoms with Crippen LogP contribution in [-0.4, -0.2) is 43.9 Å². The Morgan fingerprint density at radius 2 is 2.05 bits per heavy atom. The zero-order valence-electron chi connectivity index (χ0n) is 21.3. The summed E-state index contributed by atoms with van der Waals surface area (Å²) in [5.74, 6) is -2.90. The molecule has 3 atom stereocenters. The van der Waals surface area contributed by atoms with Crippen LogP contribution in [0.4, 0.5) is 17.6 Å². The van der Waals surface area contributed by atoms with Crippen molar-refractivity contribution in [2.75, 3.05) is 0 Å². The number of fused-ring (bicyclic) bond motifs is 5. The van der Waals surface area contributed by atoms with E-state index in [1.807, 2.05) is 0 Å². The van der Waals surface area contributed by atoms with Crippen LogP contribution in [0.15, 0.2) is 12.1 Å². The fraction of sp³-hybridized carbons (Fsp3) is 0.407. The normalized spacial score (nSPS) is 21.9. The fourth-order valence-electron chi connectivity index (χ4n) is 6.10. The molecule has 0 saturated heterocycles. The van der Waals surface area contributed by atoms with Crippen molar-refractivity contribution >= 4 is 35.0 Å². The molecule has 4 heterocycles. The van der Waals surface area contributed by atoms with E-state index in [0.29, 0.717) is 44.6 Å². The maximum atomic E-state index is 14.9. The van der Waals surface area contributed by atoms with Crippen LogP contribution in [0.3, 0.4) is 0 Å². The van der Waals surface area contributed by atoms with Gasteiger partial charge in [0, 0.05) is 28.1 Å². The third kappa shape index (κ3) is 3.63. The van der Waals surface area contributed by atoms with Crippen molar-refractivity contribution in [1.82, 2.24) is 14.9 Å². The lowest BCUT2D eigenvalue weighted by atomic mass is 9.81. The van der Waals surface area contributed by atoms with Gasteiger partial charge in [-0.05, 0) is 48.9 Å². The second-order valence-corrected chi connectivity index (χ2v) is 10.7. The van der Waals surface area contributed by atoms with Crippen LogP contribution < -0.4 is 5.32 Å². The Morgan fingerprint density at radius 1 is 1.32 bits per heavy atom.